The van der Waals surface area contributed by atoms with Crippen LogP contribution in [-0.2, 0) is 11.3 Å². The Hall–Kier alpha value is -3.15. The lowest BCUT2D eigenvalue weighted by Gasteiger charge is -2.12. The molecule has 0 fully saturated rings. The third-order valence-electron chi connectivity index (χ3n) is 4.21. The second-order valence-corrected chi connectivity index (χ2v) is 5.39. The molecule has 0 aliphatic carbocycles. The van der Waals surface area contributed by atoms with Crippen molar-refractivity contribution in [2.24, 2.45) is 0 Å². The summed E-state index contributed by atoms with van der Waals surface area (Å²) in [6.45, 7) is 0.0431. The molecule has 6 nitrogen and oxygen atoms in total. The zero-order valence-corrected chi connectivity index (χ0v) is 13.1. The van der Waals surface area contributed by atoms with Crippen LogP contribution in [0.25, 0.3) is 22.1 Å². The monoisotopic (exact) mass is 326 g/mol. The molecule has 24 heavy (non-hydrogen) atoms. The van der Waals surface area contributed by atoms with E-state index in [0.29, 0.717) is 44.7 Å². The predicted octanol–water partition coefficient (Wildman–Crippen LogP) is 3.49. The van der Waals surface area contributed by atoms with Gasteiger partial charge in [-0.15, -0.1) is 0 Å². The Morgan fingerprint density at radius 2 is 1.88 bits per heavy atom. The number of ether oxygens (including phenoxy) is 3. The number of furan rings is 1. The van der Waals surface area contributed by atoms with E-state index in [1.54, 1.807) is 32.4 Å². The summed E-state index contributed by atoms with van der Waals surface area (Å²) in [7, 11) is 3.09. The lowest BCUT2D eigenvalue weighted by molar-refractivity contribution is 0.0535. The van der Waals surface area contributed by atoms with Crippen molar-refractivity contribution in [3.63, 3.8) is 0 Å². The first-order chi connectivity index (χ1) is 11.7. The minimum atomic E-state index is -0.483. The quantitative estimate of drug-likeness (QED) is 0.742. The highest BCUT2D eigenvalue weighted by atomic mass is 16.5. The van der Waals surface area contributed by atoms with Crippen LogP contribution in [0.15, 0.2) is 34.9 Å². The van der Waals surface area contributed by atoms with Crippen molar-refractivity contribution in [3.8, 4) is 28.4 Å². The summed E-state index contributed by atoms with van der Waals surface area (Å²) in [6, 6.07) is 6.99. The molecule has 4 rings (SSSR count). The Morgan fingerprint density at radius 1 is 1.08 bits per heavy atom. The molecule has 1 aliphatic rings. The molecular weight excluding hydrogens is 312 g/mol. The molecule has 0 bridgehead atoms. The Kier molecular flexibility index (Phi) is 3.13. The van der Waals surface area contributed by atoms with Crippen LogP contribution in [0.2, 0.25) is 0 Å². The molecule has 2 heterocycles. The van der Waals surface area contributed by atoms with Crippen LogP contribution in [-0.4, -0.2) is 25.3 Å². The topological polar surface area (TPSA) is 78.1 Å². The van der Waals surface area contributed by atoms with Crippen LogP contribution in [0, 0.1) is 0 Å². The number of esters is 1. The van der Waals surface area contributed by atoms with Crippen molar-refractivity contribution in [3.05, 3.63) is 41.7 Å². The molecule has 0 spiro atoms. The molecule has 0 atom stereocenters. The molecule has 0 amide bonds. The third kappa shape index (κ3) is 1.86. The molecule has 0 saturated carbocycles. The van der Waals surface area contributed by atoms with Crippen LogP contribution >= 0.6 is 0 Å². The van der Waals surface area contributed by atoms with Gasteiger partial charge in [0.2, 0.25) is 0 Å². The molecule has 1 aromatic heterocycles. The molecule has 122 valence electrons. The number of phenols is 1. The van der Waals surface area contributed by atoms with E-state index in [9.17, 15) is 9.90 Å². The van der Waals surface area contributed by atoms with Crippen molar-refractivity contribution in [2.45, 2.75) is 6.61 Å². The Bertz CT molecular complexity index is 969. The minimum Gasteiger partial charge on any atom is -0.507 e. The van der Waals surface area contributed by atoms with Crippen LogP contribution < -0.4 is 9.47 Å². The number of carbonyl (C=O) groups is 1. The summed E-state index contributed by atoms with van der Waals surface area (Å²) >= 11 is 0. The average molecular weight is 326 g/mol. The largest absolute Gasteiger partial charge is 0.507 e. The zero-order valence-electron chi connectivity index (χ0n) is 13.1. The fourth-order valence-electron chi connectivity index (χ4n) is 3.08. The van der Waals surface area contributed by atoms with Gasteiger partial charge in [-0.2, -0.15) is 0 Å². The van der Waals surface area contributed by atoms with Crippen molar-refractivity contribution >= 4 is 16.9 Å². The number of carbonyl (C=O) groups excluding carboxylic acids is 1. The highest BCUT2D eigenvalue weighted by Crippen LogP contribution is 2.45. The molecule has 2 aromatic carbocycles. The lowest BCUT2D eigenvalue weighted by atomic mass is 9.93. The van der Waals surface area contributed by atoms with Crippen molar-refractivity contribution in [1.29, 1.82) is 0 Å². The van der Waals surface area contributed by atoms with Gasteiger partial charge in [0.1, 0.15) is 17.9 Å². The second-order valence-electron chi connectivity index (χ2n) is 5.39. The number of hydrogen-bond donors (Lipinski definition) is 1. The SMILES string of the molecule is COc1ccc(-c2c3c(c(O)c4ccoc24)COC3=O)cc1OC. The molecule has 3 aromatic rings. The van der Waals surface area contributed by atoms with Crippen molar-refractivity contribution in [2.75, 3.05) is 14.2 Å². The van der Waals surface area contributed by atoms with E-state index >= 15 is 0 Å². The maximum Gasteiger partial charge on any atom is 0.339 e. The van der Waals surface area contributed by atoms with E-state index in [1.165, 1.54) is 6.26 Å². The number of phenolic OH excluding ortho intramolecular Hbond substituents is 1. The fourth-order valence-corrected chi connectivity index (χ4v) is 3.08. The Labute approximate surface area is 137 Å². The molecule has 6 heteroatoms. The number of aromatic hydroxyl groups is 1. The number of hydrogen-bond acceptors (Lipinski definition) is 6. The first-order valence-corrected chi connectivity index (χ1v) is 7.30. The first-order valence-electron chi connectivity index (χ1n) is 7.30. The van der Waals surface area contributed by atoms with Crippen LogP contribution in [0.4, 0.5) is 0 Å². The number of methoxy groups -OCH3 is 2. The highest BCUT2D eigenvalue weighted by molar-refractivity contribution is 6.11. The van der Waals surface area contributed by atoms with Gasteiger partial charge in [0, 0.05) is 11.1 Å². The van der Waals surface area contributed by atoms with Gasteiger partial charge in [-0.3, -0.25) is 0 Å². The Balaban J connectivity index is 2.07. The van der Waals surface area contributed by atoms with E-state index in [2.05, 4.69) is 0 Å². The van der Waals surface area contributed by atoms with E-state index in [0.717, 1.165) is 0 Å². The van der Waals surface area contributed by atoms with Gasteiger partial charge < -0.3 is 23.7 Å². The number of cyclic esters (lactones) is 1. The van der Waals surface area contributed by atoms with E-state index < -0.39 is 5.97 Å². The van der Waals surface area contributed by atoms with Gasteiger partial charge in [0.15, 0.2) is 11.5 Å². The molecular formula is C18H14O6. The van der Waals surface area contributed by atoms with Gasteiger partial charge in [-0.05, 0) is 23.8 Å². The summed E-state index contributed by atoms with van der Waals surface area (Å²) in [5.74, 6) is 0.644. The molecule has 1 aliphatic heterocycles. The van der Waals surface area contributed by atoms with Gasteiger partial charge in [-0.25, -0.2) is 4.79 Å². The molecule has 1 N–H and O–H groups in total. The molecule has 0 unspecified atom stereocenters. The highest BCUT2D eigenvalue weighted by Gasteiger charge is 2.32. The normalized spacial score (nSPS) is 13.0. The smallest absolute Gasteiger partial charge is 0.339 e. The standard InChI is InChI=1S/C18H14O6/c1-21-12-4-3-9(7-13(12)22-2)14-15-11(8-24-18(15)20)16(19)10-5-6-23-17(10)14/h3-7,19H,8H2,1-2H3. The van der Waals surface area contributed by atoms with Gasteiger partial charge >= 0.3 is 5.97 Å². The molecule has 0 radical (unpaired) electrons. The maximum absolute atomic E-state index is 12.2. The van der Waals surface area contributed by atoms with Crippen LogP contribution in [0.5, 0.6) is 17.2 Å². The summed E-state index contributed by atoms with van der Waals surface area (Å²) in [5, 5.41) is 10.9. The molecule has 0 saturated heterocycles. The summed E-state index contributed by atoms with van der Waals surface area (Å²) < 4.78 is 21.3. The third-order valence-corrected chi connectivity index (χ3v) is 4.21. The predicted molar refractivity (Wildman–Crippen MR) is 85.5 cm³/mol. The summed E-state index contributed by atoms with van der Waals surface area (Å²) in [6.07, 6.45) is 1.48. The fraction of sp³-hybridized carbons (Fsp3) is 0.167. The van der Waals surface area contributed by atoms with Crippen LogP contribution in [0.1, 0.15) is 15.9 Å². The first kappa shape index (κ1) is 14.4. The number of benzene rings is 2. The van der Waals surface area contributed by atoms with Crippen molar-refractivity contribution < 1.29 is 28.5 Å². The maximum atomic E-state index is 12.2. The number of fused-ring (bicyclic) bond motifs is 2. The minimum absolute atomic E-state index is 0.0174. The number of rotatable bonds is 3. The zero-order chi connectivity index (χ0) is 16.8. The van der Waals surface area contributed by atoms with Crippen LogP contribution in [0.3, 0.4) is 0 Å². The van der Waals surface area contributed by atoms with E-state index in [1.807, 2.05) is 6.07 Å². The van der Waals surface area contributed by atoms with Gasteiger partial charge in [0.25, 0.3) is 0 Å². The van der Waals surface area contributed by atoms with Crippen molar-refractivity contribution in [1.82, 2.24) is 0 Å². The van der Waals surface area contributed by atoms with E-state index in [-0.39, 0.29) is 12.4 Å². The van der Waals surface area contributed by atoms with Gasteiger partial charge in [-0.1, -0.05) is 6.07 Å². The lowest BCUT2D eigenvalue weighted by Crippen LogP contribution is -1.99. The summed E-state index contributed by atoms with van der Waals surface area (Å²) in [5.41, 5.74) is 2.51. The average Bonchev–Trinajstić information content (AvgIpc) is 3.23. The second kappa shape index (κ2) is 5.19. The summed E-state index contributed by atoms with van der Waals surface area (Å²) in [4.78, 5) is 12.2. The van der Waals surface area contributed by atoms with E-state index in [4.69, 9.17) is 18.6 Å². The van der Waals surface area contributed by atoms with Gasteiger partial charge in [0.05, 0.1) is 31.4 Å². The Morgan fingerprint density at radius 3 is 2.62 bits per heavy atom.